The number of phenolic OH excluding ortho intramolecular Hbond substituents is 1. The number of phenols is 1. The first-order valence-corrected chi connectivity index (χ1v) is 17.3. The second kappa shape index (κ2) is 9.76. The molecule has 48 heavy (non-hydrogen) atoms. The number of aromatic hydroxyl groups is 1. The quantitative estimate of drug-likeness (QED) is 0.207. The third-order valence-corrected chi connectivity index (χ3v) is 13.4. The molecule has 4 N–H and O–H groups in total. The van der Waals surface area contributed by atoms with Crippen molar-refractivity contribution in [3.8, 4) is 17.2 Å². The predicted octanol–water partition coefficient (Wildman–Crippen LogP) is 2.09. The van der Waals surface area contributed by atoms with Crippen molar-refractivity contribution >= 4 is 5.97 Å². The molecule has 4 aliphatic heterocycles. The number of benzene rings is 2. The number of likely N-dealkylation sites (tertiary alicyclic amines) is 2. The minimum absolute atomic E-state index is 0.0609. The summed E-state index contributed by atoms with van der Waals surface area (Å²) in [7, 11) is 4.24. The van der Waals surface area contributed by atoms with E-state index < -0.39 is 29.2 Å². The molecule has 4 heterocycles. The standard InChI is InChI=1S/C37H41N3O8/c1-39-13-11-35-22-6-8-26(34(35)48-32-25(42)7-5-19(29(32)35)15-24(22)39)46-28(43)18-45-38-23-9-10-37(44)27-16-20-3-4-21(17-41)31-30(20)36(37,33(23)47-31)12-14-40(27)2/h3-8,22,24,26-27,34,38,41-42,44H,9-18H2,1-2H3/t22-,24+,26?,27+,34?,35-,36-,37+/m0/s1. The predicted molar refractivity (Wildman–Crippen MR) is 171 cm³/mol. The monoisotopic (exact) mass is 655 g/mol. The molecule has 0 saturated carbocycles. The van der Waals surface area contributed by atoms with Crippen LogP contribution >= 0.6 is 0 Å². The van der Waals surface area contributed by atoms with Crippen LogP contribution in [0.2, 0.25) is 0 Å². The maximum absolute atomic E-state index is 13.4. The maximum atomic E-state index is 13.4. The fraction of sp³-hybridized carbons (Fsp3) is 0.541. The van der Waals surface area contributed by atoms with E-state index in [1.165, 1.54) is 5.56 Å². The molecule has 0 amide bonds. The van der Waals surface area contributed by atoms with Gasteiger partial charge in [-0.2, -0.15) is 0 Å². The van der Waals surface area contributed by atoms with E-state index in [9.17, 15) is 20.1 Å². The maximum Gasteiger partial charge on any atom is 0.335 e. The van der Waals surface area contributed by atoms with Gasteiger partial charge in [-0.15, -0.1) is 0 Å². The Balaban J connectivity index is 0.905. The van der Waals surface area contributed by atoms with Crippen molar-refractivity contribution in [2.24, 2.45) is 5.92 Å². The lowest BCUT2D eigenvalue weighted by molar-refractivity contribution is -0.163. The number of rotatable bonds is 6. The number of likely N-dealkylation sites (N-methyl/N-ethyl adjacent to an activating group) is 2. The molecule has 2 fully saturated rings. The van der Waals surface area contributed by atoms with Crippen LogP contribution in [0.1, 0.15) is 53.5 Å². The van der Waals surface area contributed by atoms with Crippen molar-refractivity contribution in [3.05, 3.63) is 75.7 Å². The summed E-state index contributed by atoms with van der Waals surface area (Å²) in [6.45, 7) is 1.19. The van der Waals surface area contributed by atoms with Gasteiger partial charge in [0.05, 0.1) is 23.3 Å². The van der Waals surface area contributed by atoms with Gasteiger partial charge in [0.2, 0.25) is 0 Å². The highest BCUT2D eigenvalue weighted by Gasteiger charge is 2.70. The fourth-order valence-electron chi connectivity index (χ4n) is 11.3. The molecule has 2 spiro atoms. The fourth-order valence-corrected chi connectivity index (χ4v) is 11.3. The average Bonchev–Trinajstić information content (AvgIpc) is 3.62. The zero-order valence-electron chi connectivity index (χ0n) is 27.2. The average molecular weight is 656 g/mol. The molecule has 4 bridgehead atoms. The van der Waals surface area contributed by atoms with Gasteiger partial charge >= 0.3 is 5.97 Å². The van der Waals surface area contributed by atoms with Gasteiger partial charge in [-0.3, -0.25) is 10.3 Å². The van der Waals surface area contributed by atoms with E-state index in [1.54, 1.807) is 6.07 Å². The molecule has 8 atom stereocenters. The van der Waals surface area contributed by atoms with E-state index in [1.807, 2.05) is 18.2 Å². The molecule has 2 unspecified atom stereocenters. The number of aliphatic hydroxyl groups is 2. The van der Waals surface area contributed by atoms with Gasteiger partial charge in [-0.1, -0.05) is 24.3 Å². The molecule has 2 aromatic carbocycles. The molecule has 0 radical (unpaired) electrons. The molecule has 11 nitrogen and oxygen atoms in total. The first-order valence-electron chi connectivity index (χ1n) is 17.3. The van der Waals surface area contributed by atoms with Crippen molar-refractivity contribution in [2.45, 2.75) is 85.9 Å². The largest absolute Gasteiger partial charge is 0.504 e. The van der Waals surface area contributed by atoms with Crippen molar-refractivity contribution in [2.75, 3.05) is 33.8 Å². The lowest BCUT2D eigenvalue weighted by Gasteiger charge is -2.60. The number of carbonyl (C=O) groups is 1. The normalized spacial score (nSPS) is 37.8. The number of allylic oxidation sites excluding steroid dienone is 1. The minimum atomic E-state index is -1.03. The summed E-state index contributed by atoms with van der Waals surface area (Å²) < 4.78 is 19.2. The molecule has 252 valence electrons. The third-order valence-electron chi connectivity index (χ3n) is 13.4. The molecule has 2 saturated heterocycles. The molecule has 8 aliphatic rings. The highest BCUT2D eigenvalue weighted by atomic mass is 16.7. The first-order chi connectivity index (χ1) is 23.2. The second-order valence-electron chi connectivity index (χ2n) is 15.2. The lowest BCUT2D eigenvalue weighted by Crippen LogP contribution is -2.72. The van der Waals surface area contributed by atoms with Crippen LogP contribution in [-0.2, 0) is 44.6 Å². The minimum Gasteiger partial charge on any atom is -0.504 e. The van der Waals surface area contributed by atoms with E-state index in [0.717, 1.165) is 49.0 Å². The number of carbonyl (C=O) groups excluding carboxylic acids is 1. The molecule has 2 aromatic rings. The van der Waals surface area contributed by atoms with E-state index >= 15 is 0 Å². The van der Waals surface area contributed by atoms with Crippen molar-refractivity contribution in [3.63, 3.8) is 0 Å². The van der Waals surface area contributed by atoms with Crippen LogP contribution in [0.5, 0.6) is 17.2 Å². The van der Waals surface area contributed by atoms with Gasteiger partial charge in [-0.25, -0.2) is 4.79 Å². The summed E-state index contributed by atoms with van der Waals surface area (Å²) in [4.78, 5) is 23.9. The first kappa shape index (κ1) is 29.3. The van der Waals surface area contributed by atoms with Crippen LogP contribution in [-0.4, -0.2) is 94.8 Å². The van der Waals surface area contributed by atoms with E-state index in [0.29, 0.717) is 53.8 Å². The number of hydrogen-bond acceptors (Lipinski definition) is 11. The zero-order chi connectivity index (χ0) is 32.7. The van der Waals surface area contributed by atoms with Gasteiger partial charge in [0.15, 0.2) is 24.2 Å². The Kier molecular flexibility index (Phi) is 5.96. The Labute approximate surface area is 278 Å². The second-order valence-corrected chi connectivity index (χ2v) is 15.2. The van der Waals surface area contributed by atoms with Crippen molar-refractivity contribution < 1.29 is 39.2 Å². The Hall–Kier alpha value is -3.61. The van der Waals surface area contributed by atoms with Crippen LogP contribution in [0, 0.1) is 5.92 Å². The van der Waals surface area contributed by atoms with E-state index in [-0.39, 0.29) is 36.3 Å². The van der Waals surface area contributed by atoms with Gasteiger partial charge < -0.3 is 39.3 Å². The zero-order valence-corrected chi connectivity index (χ0v) is 27.2. The number of esters is 1. The third kappa shape index (κ3) is 3.39. The van der Waals surface area contributed by atoms with Gasteiger partial charge in [0.1, 0.15) is 17.6 Å². The van der Waals surface area contributed by atoms with Crippen molar-refractivity contribution in [1.82, 2.24) is 15.3 Å². The molecule has 10 rings (SSSR count). The smallest absolute Gasteiger partial charge is 0.335 e. The number of nitrogens with one attached hydrogen (secondary N) is 1. The lowest BCUT2D eigenvalue weighted by atomic mass is 9.51. The number of hydrogen-bond donors (Lipinski definition) is 4. The Morgan fingerprint density at radius 3 is 2.69 bits per heavy atom. The number of ether oxygens (including phenoxy) is 3. The SMILES string of the molecule is CN1CC[C@]23c4c5ccc(O)c4OC2C(OC(=O)CONC2=C4Oc6c(CO)ccc7c6[C@@]46CCN(C)[C@H](C7)[C@]6(O)CC2)C=C[C@H]3[C@H]1C5. The number of hydroxylamine groups is 1. The van der Waals surface area contributed by atoms with E-state index in [4.69, 9.17) is 19.0 Å². The summed E-state index contributed by atoms with van der Waals surface area (Å²) in [5, 5.41) is 33.4. The molecular formula is C37H41N3O8. The van der Waals surface area contributed by atoms with Crippen LogP contribution in [0.25, 0.3) is 0 Å². The van der Waals surface area contributed by atoms with E-state index in [2.05, 4.69) is 41.5 Å². The Bertz CT molecular complexity index is 1840. The number of nitrogens with zero attached hydrogens (tertiary/aromatic N) is 2. The van der Waals surface area contributed by atoms with Gasteiger partial charge in [0.25, 0.3) is 0 Å². The Morgan fingerprint density at radius 2 is 1.83 bits per heavy atom. The molecule has 0 aromatic heterocycles. The highest BCUT2D eigenvalue weighted by Crippen LogP contribution is 2.66. The van der Waals surface area contributed by atoms with Crippen LogP contribution in [0.3, 0.4) is 0 Å². The number of aliphatic hydroxyl groups excluding tert-OH is 1. The highest BCUT2D eigenvalue weighted by molar-refractivity contribution is 5.72. The van der Waals surface area contributed by atoms with Gasteiger partial charge in [-0.05, 0) is 89.0 Å². The number of piperidine rings is 2. The molecule has 4 aliphatic carbocycles. The summed E-state index contributed by atoms with van der Waals surface area (Å²) in [6.07, 6.45) is 7.18. The van der Waals surface area contributed by atoms with Crippen molar-refractivity contribution in [1.29, 1.82) is 0 Å². The van der Waals surface area contributed by atoms with Crippen LogP contribution in [0.4, 0.5) is 0 Å². The van der Waals surface area contributed by atoms with Crippen LogP contribution in [0.15, 0.2) is 47.9 Å². The summed E-state index contributed by atoms with van der Waals surface area (Å²) in [6, 6.07) is 7.96. The molecular weight excluding hydrogens is 614 g/mol. The summed E-state index contributed by atoms with van der Waals surface area (Å²) in [5.41, 5.74) is 6.68. The van der Waals surface area contributed by atoms with Crippen LogP contribution < -0.4 is 15.0 Å². The Morgan fingerprint density at radius 1 is 1.02 bits per heavy atom. The van der Waals surface area contributed by atoms with Gasteiger partial charge in [0, 0.05) is 40.1 Å². The summed E-state index contributed by atoms with van der Waals surface area (Å²) in [5.74, 6) is 1.58. The molecule has 11 heteroatoms. The topological polar surface area (TPSA) is 133 Å². The summed E-state index contributed by atoms with van der Waals surface area (Å²) >= 11 is 0.